The average molecular weight is 303 g/mol. The van der Waals surface area contributed by atoms with Gasteiger partial charge in [-0.15, -0.1) is 0 Å². The van der Waals surface area contributed by atoms with Crippen molar-refractivity contribution < 1.29 is 18.3 Å². The van der Waals surface area contributed by atoms with Gasteiger partial charge in [0, 0.05) is 12.3 Å². The molecule has 0 aliphatic heterocycles. The lowest BCUT2D eigenvalue weighted by Gasteiger charge is -2.08. The molecule has 1 amide bonds. The number of aromatic nitrogens is 1. The summed E-state index contributed by atoms with van der Waals surface area (Å²) in [6, 6.07) is 8.09. The van der Waals surface area contributed by atoms with E-state index in [0.29, 0.717) is 5.56 Å². The number of benzene rings is 1. The molecule has 0 radical (unpaired) electrons. The van der Waals surface area contributed by atoms with Crippen LogP contribution in [0.25, 0.3) is 0 Å². The van der Waals surface area contributed by atoms with Crippen LogP contribution in [0.2, 0.25) is 0 Å². The summed E-state index contributed by atoms with van der Waals surface area (Å²) in [7, 11) is 0. The first kappa shape index (κ1) is 15.4. The number of carbonyl (C=O) groups is 1. The van der Waals surface area contributed by atoms with Gasteiger partial charge in [0.2, 0.25) is 5.88 Å². The van der Waals surface area contributed by atoms with Crippen LogP contribution in [0.5, 0.6) is 5.88 Å². The Labute approximate surface area is 125 Å². The lowest BCUT2D eigenvalue weighted by Crippen LogP contribution is -2.29. The van der Waals surface area contributed by atoms with Crippen LogP contribution in [0.1, 0.15) is 15.9 Å². The van der Waals surface area contributed by atoms with Crippen molar-refractivity contribution in [2.75, 3.05) is 13.2 Å². The number of nitrogens with one attached hydrogen (secondary N) is 1. The summed E-state index contributed by atoms with van der Waals surface area (Å²) in [6.45, 7) is 0.0781. The van der Waals surface area contributed by atoms with Gasteiger partial charge in [-0.05, 0) is 18.2 Å². The summed E-state index contributed by atoms with van der Waals surface area (Å²) in [5.41, 5.74) is -0.241. The van der Waals surface area contributed by atoms with Crippen molar-refractivity contribution in [1.82, 2.24) is 10.3 Å². The second-order valence-corrected chi connectivity index (χ2v) is 4.20. The van der Waals surface area contributed by atoms with Crippen molar-refractivity contribution in [2.24, 2.45) is 0 Å². The zero-order valence-electron chi connectivity index (χ0n) is 11.3. The lowest BCUT2D eigenvalue weighted by atomic mass is 10.2. The van der Waals surface area contributed by atoms with Crippen LogP contribution in [-0.2, 0) is 0 Å². The number of carbonyl (C=O) groups excluding carboxylic acids is 1. The number of rotatable bonds is 5. The summed E-state index contributed by atoms with van der Waals surface area (Å²) >= 11 is 0. The third kappa shape index (κ3) is 3.76. The first-order chi connectivity index (χ1) is 10.6. The Bertz CT molecular complexity index is 709. The standard InChI is InChI=1S/C15H11F2N3O2/c16-11-2-1-3-12(17)14(11)15(21)20-6-7-22-13-8-10(9-18)4-5-19-13/h1-5,8H,6-7H2,(H,20,21). The topological polar surface area (TPSA) is 75.0 Å². The molecule has 112 valence electrons. The van der Waals surface area contributed by atoms with Gasteiger partial charge in [0.1, 0.15) is 23.8 Å². The Morgan fingerprint density at radius 2 is 2.05 bits per heavy atom. The van der Waals surface area contributed by atoms with Gasteiger partial charge in [-0.1, -0.05) is 6.07 Å². The highest BCUT2D eigenvalue weighted by atomic mass is 19.1. The van der Waals surface area contributed by atoms with E-state index in [1.165, 1.54) is 24.4 Å². The fourth-order valence-corrected chi connectivity index (χ4v) is 1.68. The molecule has 0 unspecified atom stereocenters. The van der Waals surface area contributed by atoms with Crippen LogP contribution in [0, 0.1) is 23.0 Å². The minimum atomic E-state index is -0.929. The van der Waals surface area contributed by atoms with E-state index in [9.17, 15) is 13.6 Å². The molecule has 1 heterocycles. The molecule has 5 nitrogen and oxygen atoms in total. The van der Waals surface area contributed by atoms with E-state index >= 15 is 0 Å². The van der Waals surface area contributed by atoms with Gasteiger partial charge in [0.05, 0.1) is 18.2 Å². The SMILES string of the molecule is N#Cc1ccnc(OCCNC(=O)c2c(F)cccc2F)c1. The van der Waals surface area contributed by atoms with Gasteiger partial charge < -0.3 is 10.1 Å². The van der Waals surface area contributed by atoms with Gasteiger partial charge in [-0.2, -0.15) is 5.26 Å². The quantitative estimate of drug-likeness (QED) is 0.858. The molecule has 1 N–H and O–H groups in total. The number of amides is 1. The van der Waals surface area contributed by atoms with Crippen LogP contribution in [-0.4, -0.2) is 24.0 Å². The zero-order chi connectivity index (χ0) is 15.9. The predicted octanol–water partition coefficient (Wildman–Crippen LogP) is 2.04. The van der Waals surface area contributed by atoms with Crippen molar-refractivity contribution in [3.63, 3.8) is 0 Å². The van der Waals surface area contributed by atoms with Gasteiger partial charge >= 0.3 is 0 Å². The van der Waals surface area contributed by atoms with Crippen LogP contribution >= 0.6 is 0 Å². The largest absolute Gasteiger partial charge is 0.476 e. The van der Waals surface area contributed by atoms with Gasteiger partial charge in [-0.3, -0.25) is 4.79 Å². The van der Waals surface area contributed by atoms with Crippen molar-refractivity contribution in [2.45, 2.75) is 0 Å². The molecule has 2 rings (SSSR count). The Morgan fingerprint density at radius 1 is 1.32 bits per heavy atom. The van der Waals surface area contributed by atoms with Crippen molar-refractivity contribution in [3.05, 3.63) is 59.3 Å². The van der Waals surface area contributed by atoms with Crippen LogP contribution in [0.15, 0.2) is 36.5 Å². The van der Waals surface area contributed by atoms with Gasteiger partial charge in [0.15, 0.2) is 0 Å². The summed E-state index contributed by atoms with van der Waals surface area (Å²) in [5.74, 6) is -2.49. The smallest absolute Gasteiger partial charge is 0.257 e. The summed E-state index contributed by atoms with van der Waals surface area (Å²) < 4.78 is 32.0. The molecular weight excluding hydrogens is 292 g/mol. The molecule has 2 aromatic rings. The van der Waals surface area contributed by atoms with Crippen LogP contribution in [0.4, 0.5) is 8.78 Å². The van der Waals surface area contributed by atoms with Gasteiger partial charge in [-0.25, -0.2) is 13.8 Å². The number of hydrogen-bond donors (Lipinski definition) is 1. The first-order valence-electron chi connectivity index (χ1n) is 6.33. The monoisotopic (exact) mass is 303 g/mol. The number of halogens is 2. The number of nitrogens with zero attached hydrogens (tertiary/aromatic N) is 2. The predicted molar refractivity (Wildman–Crippen MR) is 73.1 cm³/mol. The van der Waals surface area contributed by atoms with Crippen molar-refractivity contribution >= 4 is 5.91 Å². The highest BCUT2D eigenvalue weighted by Gasteiger charge is 2.16. The van der Waals surface area contributed by atoms with Crippen LogP contribution < -0.4 is 10.1 Å². The molecule has 0 spiro atoms. The molecule has 0 bridgehead atoms. The second-order valence-electron chi connectivity index (χ2n) is 4.20. The first-order valence-corrected chi connectivity index (χ1v) is 6.33. The second kappa shape index (κ2) is 7.13. The Morgan fingerprint density at radius 3 is 2.73 bits per heavy atom. The third-order valence-corrected chi connectivity index (χ3v) is 2.69. The van der Waals surface area contributed by atoms with E-state index in [2.05, 4.69) is 10.3 Å². The van der Waals surface area contributed by atoms with Crippen LogP contribution in [0.3, 0.4) is 0 Å². The van der Waals surface area contributed by atoms with Crippen molar-refractivity contribution in [1.29, 1.82) is 5.26 Å². The number of nitriles is 1. The number of pyridine rings is 1. The summed E-state index contributed by atoms with van der Waals surface area (Å²) in [6.07, 6.45) is 1.42. The minimum Gasteiger partial charge on any atom is -0.476 e. The molecule has 0 aliphatic rings. The molecule has 0 aliphatic carbocycles. The minimum absolute atomic E-state index is 0.0328. The van der Waals surface area contributed by atoms with E-state index in [0.717, 1.165) is 12.1 Å². The molecule has 7 heteroatoms. The molecule has 0 saturated carbocycles. The van der Waals surface area contributed by atoms with Gasteiger partial charge in [0.25, 0.3) is 5.91 Å². The van der Waals surface area contributed by atoms with E-state index in [4.69, 9.17) is 10.00 Å². The average Bonchev–Trinajstić information content (AvgIpc) is 2.51. The highest BCUT2D eigenvalue weighted by molar-refractivity contribution is 5.94. The molecular formula is C15H11F2N3O2. The number of hydrogen-bond acceptors (Lipinski definition) is 4. The molecule has 22 heavy (non-hydrogen) atoms. The maximum atomic E-state index is 13.4. The van der Waals surface area contributed by atoms with E-state index in [1.54, 1.807) is 0 Å². The number of ether oxygens (including phenoxy) is 1. The molecule has 1 aromatic carbocycles. The molecule has 1 aromatic heterocycles. The fourth-order valence-electron chi connectivity index (χ4n) is 1.68. The van der Waals surface area contributed by atoms with Crippen molar-refractivity contribution in [3.8, 4) is 11.9 Å². The van der Waals surface area contributed by atoms with E-state index in [-0.39, 0.29) is 19.0 Å². The van der Waals surface area contributed by atoms with E-state index in [1.807, 2.05) is 6.07 Å². The lowest BCUT2D eigenvalue weighted by molar-refractivity contribution is 0.0938. The molecule has 0 fully saturated rings. The summed E-state index contributed by atoms with van der Waals surface area (Å²) in [5, 5.41) is 11.1. The Hall–Kier alpha value is -3.01. The molecule has 0 atom stereocenters. The fraction of sp³-hybridized carbons (Fsp3) is 0.133. The summed E-state index contributed by atoms with van der Waals surface area (Å²) in [4.78, 5) is 15.6. The molecule has 0 saturated heterocycles. The normalized spacial score (nSPS) is 9.86. The maximum absolute atomic E-state index is 13.4. The van der Waals surface area contributed by atoms with E-state index < -0.39 is 23.1 Å². The Kier molecular flexibility index (Phi) is 4.98. The highest BCUT2D eigenvalue weighted by Crippen LogP contribution is 2.11. The Balaban J connectivity index is 1.86. The zero-order valence-corrected chi connectivity index (χ0v) is 11.3. The third-order valence-electron chi connectivity index (χ3n) is 2.69. The maximum Gasteiger partial charge on any atom is 0.257 e.